The molecule has 1 aromatic heterocycles. The number of benzene rings is 2. The summed E-state index contributed by atoms with van der Waals surface area (Å²) in [5.41, 5.74) is 6.76. The van der Waals surface area contributed by atoms with E-state index in [9.17, 15) is 22.8 Å². The van der Waals surface area contributed by atoms with Gasteiger partial charge in [0.05, 0.1) is 11.4 Å². The molecule has 4 N–H and O–H groups in total. The van der Waals surface area contributed by atoms with Crippen molar-refractivity contribution >= 4 is 40.6 Å². The van der Waals surface area contributed by atoms with Gasteiger partial charge in [0.15, 0.2) is 0 Å². The van der Waals surface area contributed by atoms with E-state index in [1.165, 1.54) is 6.07 Å². The molecule has 0 aliphatic carbocycles. The van der Waals surface area contributed by atoms with Gasteiger partial charge in [0.2, 0.25) is 5.91 Å². The zero-order valence-corrected chi connectivity index (χ0v) is 23.6. The van der Waals surface area contributed by atoms with E-state index in [1.807, 2.05) is 17.0 Å². The Bertz CT molecular complexity index is 1440. The Morgan fingerprint density at radius 1 is 0.929 bits per heavy atom. The van der Waals surface area contributed by atoms with Gasteiger partial charge >= 0.3 is 0 Å². The molecule has 222 valence electrons. The first-order chi connectivity index (χ1) is 20.2. The number of nitrogens with zero attached hydrogens (tertiary/aromatic N) is 3. The Kier molecular flexibility index (Phi) is 9.18. The zero-order chi connectivity index (χ0) is 29.8. The van der Waals surface area contributed by atoms with Crippen molar-refractivity contribution in [1.29, 1.82) is 0 Å². The third kappa shape index (κ3) is 7.14. The standard InChI is InChI=1S/C30H32ClF3N6O2/c31-20-1-2-25(26(14-20)38-29(41)28-23(33)15-21(32)16-24(28)34)37-22-6-11-40(12-7-22)30(42)19-4-9-39(10-5-19)17-18-3-8-36-27(35)13-18/h1-3,8,13-16,19,22,37H,4-7,9-12,17H2,(H2,35,36)(H,38,41). The van der Waals surface area contributed by atoms with Crippen LogP contribution in [0.5, 0.6) is 0 Å². The fraction of sp³-hybridized carbons (Fsp3) is 0.367. The average molecular weight is 601 g/mol. The monoisotopic (exact) mass is 600 g/mol. The van der Waals surface area contributed by atoms with Crippen LogP contribution in [0, 0.1) is 23.4 Å². The Labute approximate surface area is 247 Å². The molecule has 12 heteroatoms. The first-order valence-corrected chi connectivity index (χ1v) is 14.3. The summed E-state index contributed by atoms with van der Waals surface area (Å²) < 4.78 is 41.6. The van der Waals surface area contributed by atoms with Crippen molar-refractivity contribution in [3.8, 4) is 0 Å². The van der Waals surface area contributed by atoms with Crippen LogP contribution < -0.4 is 16.4 Å². The predicted molar refractivity (Wildman–Crippen MR) is 156 cm³/mol. The third-order valence-electron chi connectivity index (χ3n) is 7.82. The minimum absolute atomic E-state index is 0.000170. The highest BCUT2D eigenvalue weighted by molar-refractivity contribution is 6.31. The summed E-state index contributed by atoms with van der Waals surface area (Å²) in [5, 5.41) is 6.16. The van der Waals surface area contributed by atoms with Gasteiger partial charge < -0.3 is 21.3 Å². The van der Waals surface area contributed by atoms with Crippen LogP contribution in [0.2, 0.25) is 5.02 Å². The number of rotatable bonds is 7. The molecule has 0 spiro atoms. The summed E-state index contributed by atoms with van der Waals surface area (Å²) >= 11 is 6.12. The van der Waals surface area contributed by atoms with Gasteiger partial charge in [-0.1, -0.05) is 11.6 Å². The molecule has 0 unspecified atom stereocenters. The first-order valence-electron chi connectivity index (χ1n) is 13.9. The number of halogens is 4. The third-order valence-corrected chi connectivity index (χ3v) is 8.05. The van der Waals surface area contributed by atoms with Gasteiger partial charge in [-0.15, -0.1) is 0 Å². The maximum atomic E-state index is 14.2. The van der Waals surface area contributed by atoms with Gasteiger partial charge in [-0.25, -0.2) is 18.2 Å². The molecular weight excluding hydrogens is 569 g/mol. The number of amides is 2. The van der Waals surface area contributed by atoms with Gasteiger partial charge in [-0.2, -0.15) is 0 Å². The molecule has 2 aliphatic heterocycles. The van der Waals surface area contributed by atoms with Crippen LogP contribution >= 0.6 is 11.6 Å². The number of pyridine rings is 1. The predicted octanol–water partition coefficient (Wildman–Crippen LogP) is 5.30. The van der Waals surface area contributed by atoms with Crippen LogP contribution in [0.4, 0.5) is 30.4 Å². The minimum Gasteiger partial charge on any atom is -0.384 e. The van der Waals surface area contributed by atoms with Crippen molar-refractivity contribution in [3.05, 3.63) is 82.3 Å². The number of aromatic nitrogens is 1. The molecule has 2 fully saturated rings. The van der Waals surface area contributed by atoms with E-state index in [4.69, 9.17) is 17.3 Å². The summed E-state index contributed by atoms with van der Waals surface area (Å²) in [7, 11) is 0. The number of carbonyl (C=O) groups is 2. The van der Waals surface area contributed by atoms with E-state index < -0.39 is 28.9 Å². The van der Waals surface area contributed by atoms with Crippen LogP contribution in [0.3, 0.4) is 0 Å². The van der Waals surface area contributed by atoms with E-state index >= 15 is 0 Å². The highest BCUT2D eigenvalue weighted by Crippen LogP contribution is 2.30. The smallest absolute Gasteiger partial charge is 0.261 e. The number of hydrogen-bond donors (Lipinski definition) is 3. The van der Waals surface area contributed by atoms with Crippen molar-refractivity contribution in [3.63, 3.8) is 0 Å². The Morgan fingerprint density at radius 2 is 1.62 bits per heavy atom. The Hall–Kier alpha value is -3.83. The van der Waals surface area contributed by atoms with Gasteiger partial charge in [-0.3, -0.25) is 14.5 Å². The number of anilines is 3. The van der Waals surface area contributed by atoms with E-state index in [-0.39, 0.29) is 23.6 Å². The Morgan fingerprint density at radius 3 is 2.29 bits per heavy atom. The van der Waals surface area contributed by atoms with Crippen molar-refractivity contribution in [2.24, 2.45) is 5.92 Å². The van der Waals surface area contributed by atoms with E-state index in [1.54, 1.807) is 18.3 Å². The van der Waals surface area contributed by atoms with Crippen LogP contribution in [-0.4, -0.2) is 58.8 Å². The lowest BCUT2D eigenvalue weighted by molar-refractivity contribution is -0.138. The van der Waals surface area contributed by atoms with Gasteiger partial charge in [0.1, 0.15) is 28.8 Å². The maximum Gasteiger partial charge on any atom is 0.261 e. The van der Waals surface area contributed by atoms with Crippen LogP contribution in [-0.2, 0) is 11.3 Å². The van der Waals surface area contributed by atoms with Crippen molar-refractivity contribution in [2.75, 3.05) is 42.5 Å². The SMILES string of the molecule is Nc1cc(CN2CCC(C(=O)N3CCC(Nc4ccc(Cl)cc4NC(=O)c4c(F)cc(F)cc4F)CC3)CC2)ccn1. The molecule has 0 saturated carbocycles. The molecule has 3 aromatic rings. The van der Waals surface area contributed by atoms with E-state index in [2.05, 4.69) is 20.5 Å². The number of nitrogens with two attached hydrogens (primary N) is 1. The van der Waals surface area contributed by atoms with Gasteiger partial charge in [-0.05, 0) is 74.7 Å². The summed E-state index contributed by atoms with van der Waals surface area (Å²) in [4.78, 5) is 34.2. The van der Waals surface area contributed by atoms with E-state index in [0.717, 1.165) is 38.0 Å². The molecule has 2 saturated heterocycles. The fourth-order valence-corrected chi connectivity index (χ4v) is 5.77. The number of nitrogen functional groups attached to an aromatic ring is 1. The van der Waals surface area contributed by atoms with Crippen LogP contribution in [0.25, 0.3) is 0 Å². The fourth-order valence-electron chi connectivity index (χ4n) is 5.60. The molecule has 8 nitrogen and oxygen atoms in total. The lowest BCUT2D eigenvalue weighted by atomic mass is 9.93. The maximum absolute atomic E-state index is 14.2. The number of nitrogens with one attached hydrogen (secondary N) is 2. The molecule has 2 aliphatic rings. The number of carbonyl (C=O) groups excluding carboxylic acids is 2. The second-order valence-corrected chi connectivity index (χ2v) is 11.2. The van der Waals surface area contributed by atoms with Gasteiger partial charge in [0.25, 0.3) is 5.91 Å². The van der Waals surface area contributed by atoms with Crippen molar-refractivity contribution < 1.29 is 22.8 Å². The van der Waals surface area contributed by atoms with Crippen LogP contribution in [0.15, 0.2) is 48.7 Å². The molecule has 0 bridgehead atoms. The molecule has 0 radical (unpaired) electrons. The van der Waals surface area contributed by atoms with Crippen LogP contribution in [0.1, 0.15) is 41.6 Å². The normalized spacial score (nSPS) is 16.8. The molecular formula is C30H32ClF3N6O2. The molecule has 42 heavy (non-hydrogen) atoms. The highest BCUT2D eigenvalue weighted by Gasteiger charge is 2.31. The minimum atomic E-state index is -1.30. The quantitative estimate of drug-likeness (QED) is 0.340. The molecule has 2 aromatic carbocycles. The highest BCUT2D eigenvalue weighted by atomic mass is 35.5. The summed E-state index contributed by atoms with van der Waals surface area (Å²) in [6, 6.07) is 9.50. The zero-order valence-electron chi connectivity index (χ0n) is 22.9. The first kappa shape index (κ1) is 29.7. The molecule has 2 amide bonds. The summed E-state index contributed by atoms with van der Waals surface area (Å²) in [6.45, 7) is 3.65. The van der Waals surface area contributed by atoms with E-state index in [0.29, 0.717) is 54.6 Å². The summed E-state index contributed by atoms with van der Waals surface area (Å²) in [6.07, 6.45) is 4.69. The number of piperidine rings is 2. The lowest BCUT2D eigenvalue weighted by Crippen LogP contribution is -2.47. The lowest BCUT2D eigenvalue weighted by Gasteiger charge is -2.37. The van der Waals surface area contributed by atoms with Crippen molar-refractivity contribution in [2.45, 2.75) is 38.3 Å². The second kappa shape index (κ2) is 13.0. The average Bonchev–Trinajstić information content (AvgIpc) is 2.94. The summed E-state index contributed by atoms with van der Waals surface area (Å²) in [5.74, 6) is -4.10. The second-order valence-electron chi connectivity index (χ2n) is 10.8. The topological polar surface area (TPSA) is 104 Å². The molecule has 5 rings (SSSR count). The molecule has 3 heterocycles. The number of likely N-dealkylation sites (tertiary alicyclic amines) is 2. The number of hydrogen-bond acceptors (Lipinski definition) is 6. The van der Waals surface area contributed by atoms with Gasteiger partial charge in [0, 0.05) is 54.9 Å². The van der Waals surface area contributed by atoms with Crippen molar-refractivity contribution in [1.82, 2.24) is 14.8 Å². The molecule has 0 atom stereocenters. The largest absolute Gasteiger partial charge is 0.384 e. The Balaban J connectivity index is 1.13.